The molecule has 0 radical (unpaired) electrons. The third kappa shape index (κ3) is 2.14. The average Bonchev–Trinajstić information content (AvgIpc) is 2.11. The number of aryl methyl sites for hydroxylation is 1. The average molecular weight is 191 g/mol. The molecule has 76 valence electrons. The van der Waals surface area contributed by atoms with Crippen molar-refractivity contribution < 1.29 is 5.11 Å². The van der Waals surface area contributed by atoms with Crippen LogP contribution in [-0.2, 0) is 0 Å². The van der Waals surface area contributed by atoms with E-state index in [0.717, 1.165) is 25.2 Å². The first kappa shape index (κ1) is 9.69. The van der Waals surface area contributed by atoms with Gasteiger partial charge in [-0.15, -0.1) is 0 Å². The Kier molecular flexibility index (Phi) is 2.85. The fourth-order valence-electron chi connectivity index (χ4n) is 1.79. The van der Waals surface area contributed by atoms with Crippen LogP contribution in [0.4, 0.5) is 0 Å². The first-order valence-electron chi connectivity index (χ1n) is 5.23. The maximum absolute atomic E-state index is 9.94. The molecule has 2 nitrogen and oxygen atoms in total. The standard InChI is InChI=1S/C12H17NO/c1-10-4-2-5-11(8-10)12(14)9-13-6-3-7-13/h2,4-5,8,12,14H,3,6-7,9H2,1H3. The zero-order valence-electron chi connectivity index (χ0n) is 8.61. The van der Waals surface area contributed by atoms with Gasteiger partial charge in [-0.2, -0.15) is 0 Å². The van der Waals surface area contributed by atoms with Gasteiger partial charge in [0.25, 0.3) is 0 Å². The van der Waals surface area contributed by atoms with Crippen LogP contribution < -0.4 is 0 Å². The van der Waals surface area contributed by atoms with E-state index in [4.69, 9.17) is 0 Å². The molecular weight excluding hydrogens is 174 g/mol. The molecule has 1 aromatic carbocycles. The maximum Gasteiger partial charge on any atom is 0.0917 e. The Morgan fingerprint density at radius 1 is 1.43 bits per heavy atom. The van der Waals surface area contributed by atoms with E-state index in [9.17, 15) is 5.11 Å². The second-order valence-corrected chi connectivity index (χ2v) is 4.08. The van der Waals surface area contributed by atoms with Crippen LogP contribution in [0.2, 0.25) is 0 Å². The lowest BCUT2D eigenvalue weighted by atomic mass is 10.1. The van der Waals surface area contributed by atoms with Crippen molar-refractivity contribution in [1.82, 2.24) is 4.90 Å². The Morgan fingerprint density at radius 2 is 2.21 bits per heavy atom. The molecule has 1 heterocycles. The molecule has 1 unspecified atom stereocenters. The van der Waals surface area contributed by atoms with Gasteiger partial charge in [-0.1, -0.05) is 29.8 Å². The van der Waals surface area contributed by atoms with Gasteiger partial charge < -0.3 is 10.0 Å². The monoisotopic (exact) mass is 191 g/mol. The molecule has 2 heteroatoms. The summed E-state index contributed by atoms with van der Waals surface area (Å²) in [5, 5.41) is 9.94. The Labute approximate surface area is 85.2 Å². The molecule has 1 fully saturated rings. The maximum atomic E-state index is 9.94. The highest BCUT2D eigenvalue weighted by Gasteiger charge is 2.18. The number of aliphatic hydroxyl groups is 1. The normalized spacial score (nSPS) is 19.0. The van der Waals surface area contributed by atoms with Gasteiger partial charge in [0.1, 0.15) is 0 Å². The summed E-state index contributed by atoms with van der Waals surface area (Å²) in [4.78, 5) is 2.28. The molecule has 14 heavy (non-hydrogen) atoms. The van der Waals surface area contributed by atoms with Gasteiger partial charge in [-0.25, -0.2) is 0 Å². The zero-order chi connectivity index (χ0) is 9.97. The summed E-state index contributed by atoms with van der Waals surface area (Å²) in [5.41, 5.74) is 2.25. The first-order valence-corrected chi connectivity index (χ1v) is 5.23. The van der Waals surface area contributed by atoms with Gasteiger partial charge in [0.05, 0.1) is 6.10 Å². The molecule has 0 spiro atoms. The quantitative estimate of drug-likeness (QED) is 0.786. The minimum Gasteiger partial charge on any atom is -0.387 e. The molecular formula is C12H17NO. The molecule has 1 aliphatic heterocycles. The fourth-order valence-corrected chi connectivity index (χ4v) is 1.79. The second kappa shape index (κ2) is 4.11. The molecule has 2 rings (SSSR count). The van der Waals surface area contributed by atoms with Crippen LogP contribution in [0.1, 0.15) is 23.7 Å². The highest BCUT2D eigenvalue weighted by Crippen LogP contribution is 2.18. The lowest BCUT2D eigenvalue weighted by Gasteiger charge is -2.32. The van der Waals surface area contributed by atoms with Crippen molar-refractivity contribution in [3.63, 3.8) is 0 Å². The van der Waals surface area contributed by atoms with E-state index in [1.165, 1.54) is 12.0 Å². The van der Waals surface area contributed by atoms with Crippen molar-refractivity contribution in [2.75, 3.05) is 19.6 Å². The van der Waals surface area contributed by atoms with Crippen molar-refractivity contribution >= 4 is 0 Å². The molecule has 0 amide bonds. The van der Waals surface area contributed by atoms with Gasteiger partial charge >= 0.3 is 0 Å². The van der Waals surface area contributed by atoms with Crippen molar-refractivity contribution in [2.24, 2.45) is 0 Å². The topological polar surface area (TPSA) is 23.5 Å². The molecule has 0 bridgehead atoms. The van der Waals surface area contributed by atoms with E-state index >= 15 is 0 Å². The van der Waals surface area contributed by atoms with Gasteiger partial charge in [-0.3, -0.25) is 0 Å². The Hall–Kier alpha value is -0.860. The van der Waals surface area contributed by atoms with E-state index in [-0.39, 0.29) is 6.10 Å². The minimum atomic E-state index is -0.324. The first-order chi connectivity index (χ1) is 6.75. The lowest BCUT2D eigenvalue weighted by molar-refractivity contribution is 0.0788. The van der Waals surface area contributed by atoms with Crippen LogP contribution in [0.5, 0.6) is 0 Å². The van der Waals surface area contributed by atoms with Crippen LogP contribution in [0, 0.1) is 6.92 Å². The number of β-amino-alcohol motifs (C(OH)–C–C–N with tert-alkyl or cyclic N) is 1. The Morgan fingerprint density at radius 3 is 2.79 bits per heavy atom. The molecule has 0 saturated carbocycles. The summed E-state index contributed by atoms with van der Waals surface area (Å²) in [6.07, 6.45) is 0.954. The zero-order valence-corrected chi connectivity index (χ0v) is 8.61. The third-order valence-corrected chi connectivity index (χ3v) is 2.81. The van der Waals surface area contributed by atoms with E-state index in [0.29, 0.717) is 0 Å². The largest absolute Gasteiger partial charge is 0.387 e. The Bertz CT molecular complexity index is 307. The number of hydrogen-bond donors (Lipinski definition) is 1. The Balaban J connectivity index is 1.98. The van der Waals surface area contributed by atoms with Gasteiger partial charge in [0.2, 0.25) is 0 Å². The van der Waals surface area contributed by atoms with Crippen molar-refractivity contribution in [1.29, 1.82) is 0 Å². The summed E-state index contributed by atoms with van der Waals surface area (Å²) < 4.78 is 0. The summed E-state index contributed by atoms with van der Waals surface area (Å²) in [7, 11) is 0. The highest BCUT2D eigenvalue weighted by atomic mass is 16.3. The minimum absolute atomic E-state index is 0.324. The summed E-state index contributed by atoms with van der Waals surface area (Å²) in [5.74, 6) is 0. The van der Waals surface area contributed by atoms with Crippen molar-refractivity contribution in [3.05, 3.63) is 35.4 Å². The molecule has 1 aromatic rings. The lowest BCUT2D eigenvalue weighted by Crippen LogP contribution is -2.39. The smallest absolute Gasteiger partial charge is 0.0917 e. The second-order valence-electron chi connectivity index (χ2n) is 4.08. The van der Waals surface area contributed by atoms with Crippen LogP contribution in [0.15, 0.2) is 24.3 Å². The van der Waals surface area contributed by atoms with Crippen LogP contribution in [0.3, 0.4) is 0 Å². The van der Waals surface area contributed by atoms with Crippen molar-refractivity contribution in [3.8, 4) is 0 Å². The third-order valence-electron chi connectivity index (χ3n) is 2.81. The molecule has 1 aliphatic rings. The van der Waals surface area contributed by atoms with Gasteiger partial charge in [-0.05, 0) is 32.0 Å². The molecule has 1 atom stereocenters. The van der Waals surface area contributed by atoms with Crippen molar-refractivity contribution in [2.45, 2.75) is 19.4 Å². The fraction of sp³-hybridized carbons (Fsp3) is 0.500. The molecule has 0 aliphatic carbocycles. The predicted molar refractivity (Wildman–Crippen MR) is 57.2 cm³/mol. The van der Waals surface area contributed by atoms with Crippen LogP contribution in [-0.4, -0.2) is 29.6 Å². The number of benzene rings is 1. The number of hydrogen-bond acceptors (Lipinski definition) is 2. The van der Waals surface area contributed by atoms with E-state index in [1.54, 1.807) is 0 Å². The predicted octanol–water partition coefficient (Wildman–Crippen LogP) is 1.73. The SMILES string of the molecule is Cc1cccc(C(O)CN2CCC2)c1. The molecule has 1 N–H and O–H groups in total. The summed E-state index contributed by atoms with van der Waals surface area (Å²) in [6.45, 7) is 5.12. The molecule has 0 aromatic heterocycles. The van der Waals surface area contributed by atoms with Gasteiger partial charge in [0.15, 0.2) is 0 Å². The van der Waals surface area contributed by atoms with E-state index in [1.807, 2.05) is 12.1 Å². The van der Waals surface area contributed by atoms with Crippen LogP contribution >= 0.6 is 0 Å². The van der Waals surface area contributed by atoms with Crippen LogP contribution in [0.25, 0.3) is 0 Å². The number of likely N-dealkylation sites (tertiary alicyclic amines) is 1. The highest BCUT2D eigenvalue weighted by molar-refractivity contribution is 5.24. The van der Waals surface area contributed by atoms with E-state index in [2.05, 4.69) is 24.0 Å². The summed E-state index contributed by atoms with van der Waals surface area (Å²) in [6, 6.07) is 8.12. The van der Waals surface area contributed by atoms with Gasteiger partial charge in [0, 0.05) is 6.54 Å². The van der Waals surface area contributed by atoms with E-state index < -0.39 is 0 Å². The number of nitrogens with zero attached hydrogens (tertiary/aromatic N) is 1. The molecule has 1 saturated heterocycles. The number of rotatable bonds is 3. The number of aliphatic hydroxyl groups excluding tert-OH is 1. The summed E-state index contributed by atoms with van der Waals surface area (Å²) >= 11 is 0.